The van der Waals surface area contributed by atoms with Gasteiger partial charge in [0.15, 0.2) is 9.84 Å². The van der Waals surface area contributed by atoms with Crippen LogP contribution in [0.5, 0.6) is 0 Å². The number of para-hydroxylation sites is 1. The Morgan fingerprint density at radius 2 is 2.05 bits per heavy atom. The molecule has 2 rings (SSSR count). The van der Waals surface area contributed by atoms with Gasteiger partial charge >= 0.3 is 0 Å². The second-order valence-corrected chi connectivity index (χ2v) is 7.71. The smallest absolute Gasteiger partial charge is 0.244 e. The Kier molecular flexibility index (Phi) is 3.77. The average Bonchev–Trinajstić information content (AvgIpc) is 2.77. The first-order valence-corrected chi connectivity index (χ1v) is 8.55. The maximum absolute atomic E-state index is 12.0. The summed E-state index contributed by atoms with van der Waals surface area (Å²) >= 11 is 0. The Bertz CT molecular complexity index is 627. The highest BCUT2D eigenvalue weighted by Gasteiger charge is 2.52. The normalized spacial score (nSPS) is 26.4. The number of nitrogens with two attached hydrogens (primary N) is 1. The van der Waals surface area contributed by atoms with Gasteiger partial charge in [0.05, 0.1) is 5.25 Å². The maximum Gasteiger partial charge on any atom is 0.244 e. The van der Waals surface area contributed by atoms with Crippen molar-refractivity contribution in [3.05, 3.63) is 29.8 Å². The molecule has 1 aliphatic carbocycles. The lowest BCUT2D eigenvalue weighted by molar-refractivity contribution is -0.122. The number of hydrogen-bond donors (Lipinski definition) is 2. The van der Waals surface area contributed by atoms with Gasteiger partial charge in [0.25, 0.3) is 0 Å². The SMILES string of the molecule is Cc1ccccc1NC1(C(N)=O)CCCC1S(C)(=O)=O. The molecule has 1 aromatic rings. The van der Waals surface area contributed by atoms with Crippen molar-refractivity contribution in [1.82, 2.24) is 0 Å². The lowest BCUT2D eigenvalue weighted by atomic mass is 9.95. The van der Waals surface area contributed by atoms with Crippen LogP contribution in [0.15, 0.2) is 24.3 Å². The number of hydrogen-bond acceptors (Lipinski definition) is 4. The molecule has 0 bridgehead atoms. The zero-order valence-corrected chi connectivity index (χ0v) is 12.5. The summed E-state index contributed by atoms with van der Waals surface area (Å²) in [5, 5.41) is 2.35. The molecule has 0 aliphatic heterocycles. The Hall–Kier alpha value is -1.56. The summed E-state index contributed by atoms with van der Waals surface area (Å²) < 4.78 is 24.0. The Labute approximate surface area is 119 Å². The molecular formula is C14H20N2O3S. The topological polar surface area (TPSA) is 89.3 Å². The third-order valence-electron chi connectivity index (χ3n) is 4.05. The van der Waals surface area contributed by atoms with Crippen LogP contribution in [0.3, 0.4) is 0 Å². The van der Waals surface area contributed by atoms with Gasteiger partial charge in [-0.1, -0.05) is 18.2 Å². The summed E-state index contributed by atoms with van der Waals surface area (Å²) in [6.07, 6.45) is 2.73. The summed E-state index contributed by atoms with van der Waals surface area (Å²) in [6, 6.07) is 7.47. The zero-order chi connectivity index (χ0) is 15.0. The summed E-state index contributed by atoms with van der Waals surface area (Å²) in [7, 11) is -3.35. The fourth-order valence-electron chi connectivity index (χ4n) is 2.99. The molecular weight excluding hydrogens is 276 g/mol. The van der Waals surface area contributed by atoms with E-state index in [1.54, 1.807) is 0 Å². The molecule has 3 N–H and O–H groups in total. The quantitative estimate of drug-likeness (QED) is 0.874. The number of benzene rings is 1. The molecule has 20 heavy (non-hydrogen) atoms. The summed E-state index contributed by atoms with van der Waals surface area (Å²) in [5.41, 5.74) is 6.05. The molecule has 1 fully saturated rings. The number of primary amides is 1. The van der Waals surface area contributed by atoms with Crippen LogP contribution in [0.2, 0.25) is 0 Å². The van der Waals surface area contributed by atoms with Crippen LogP contribution in [0, 0.1) is 6.92 Å². The van der Waals surface area contributed by atoms with Crippen molar-refractivity contribution in [2.24, 2.45) is 5.73 Å². The van der Waals surface area contributed by atoms with Crippen LogP contribution in [0.4, 0.5) is 5.69 Å². The minimum Gasteiger partial charge on any atom is -0.370 e. The first-order chi connectivity index (χ1) is 9.27. The van der Waals surface area contributed by atoms with Crippen molar-refractivity contribution in [2.75, 3.05) is 11.6 Å². The van der Waals surface area contributed by atoms with E-state index in [1.165, 1.54) is 6.26 Å². The van der Waals surface area contributed by atoms with Crippen molar-refractivity contribution in [3.8, 4) is 0 Å². The van der Waals surface area contributed by atoms with Gasteiger partial charge in [0.1, 0.15) is 5.54 Å². The molecule has 0 radical (unpaired) electrons. The van der Waals surface area contributed by atoms with Crippen molar-refractivity contribution in [2.45, 2.75) is 37.0 Å². The predicted octanol–water partition coefficient (Wildman–Crippen LogP) is 1.23. The van der Waals surface area contributed by atoms with Gasteiger partial charge in [0.2, 0.25) is 5.91 Å². The van der Waals surface area contributed by atoms with E-state index in [1.807, 2.05) is 31.2 Å². The summed E-state index contributed by atoms with van der Waals surface area (Å²) in [4.78, 5) is 12.0. The molecule has 1 saturated carbocycles. The molecule has 1 aromatic carbocycles. The van der Waals surface area contributed by atoms with Gasteiger partial charge in [-0.05, 0) is 37.8 Å². The molecule has 0 saturated heterocycles. The van der Waals surface area contributed by atoms with Crippen molar-refractivity contribution in [1.29, 1.82) is 0 Å². The first-order valence-electron chi connectivity index (χ1n) is 6.60. The highest BCUT2D eigenvalue weighted by molar-refractivity contribution is 7.91. The molecule has 5 nitrogen and oxygen atoms in total. The van der Waals surface area contributed by atoms with Gasteiger partial charge in [0, 0.05) is 11.9 Å². The molecule has 0 aromatic heterocycles. The number of nitrogens with one attached hydrogen (secondary N) is 1. The Morgan fingerprint density at radius 1 is 1.40 bits per heavy atom. The number of anilines is 1. The third-order valence-corrected chi connectivity index (χ3v) is 5.72. The highest BCUT2D eigenvalue weighted by atomic mass is 32.2. The van der Waals surface area contributed by atoms with Crippen molar-refractivity contribution < 1.29 is 13.2 Å². The Balaban J connectivity index is 2.46. The van der Waals surface area contributed by atoms with E-state index in [0.29, 0.717) is 19.3 Å². The van der Waals surface area contributed by atoms with E-state index in [9.17, 15) is 13.2 Å². The minimum atomic E-state index is -3.35. The number of aryl methyl sites for hydroxylation is 1. The third kappa shape index (κ3) is 2.52. The maximum atomic E-state index is 12.0. The van der Waals surface area contributed by atoms with E-state index >= 15 is 0 Å². The zero-order valence-electron chi connectivity index (χ0n) is 11.7. The number of carbonyl (C=O) groups is 1. The fourth-order valence-corrected chi connectivity index (χ4v) is 4.61. The van der Waals surface area contributed by atoms with Crippen LogP contribution in [-0.2, 0) is 14.6 Å². The lowest BCUT2D eigenvalue weighted by Gasteiger charge is -2.34. The van der Waals surface area contributed by atoms with E-state index in [-0.39, 0.29) is 0 Å². The van der Waals surface area contributed by atoms with Crippen LogP contribution < -0.4 is 11.1 Å². The van der Waals surface area contributed by atoms with Gasteiger partial charge in [-0.3, -0.25) is 4.79 Å². The molecule has 0 spiro atoms. The second-order valence-electron chi connectivity index (χ2n) is 5.49. The molecule has 0 heterocycles. The van der Waals surface area contributed by atoms with Gasteiger partial charge in [-0.25, -0.2) is 8.42 Å². The molecule has 1 aliphatic rings. The minimum absolute atomic E-state index is 0.439. The van der Waals surface area contributed by atoms with Gasteiger partial charge < -0.3 is 11.1 Å². The van der Waals surface area contributed by atoms with Crippen LogP contribution in [0.25, 0.3) is 0 Å². The fraction of sp³-hybridized carbons (Fsp3) is 0.500. The Morgan fingerprint density at radius 3 is 2.60 bits per heavy atom. The monoisotopic (exact) mass is 296 g/mol. The standard InChI is InChI=1S/C14H20N2O3S/c1-10-6-3-4-7-11(10)16-14(13(15)17)9-5-8-12(14)20(2,18)19/h3-4,6-7,12,16H,5,8-9H2,1-2H3,(H2,15,17). The van der Waals surface area contributed by atoms with E-state index < -0.39 is 26.5 Å². The largest absolute Gasteiger partial charge is 0.370 e. The molecule has 2 unspecified atom stereocenters. The molecule has 110 valence electrons. The van der Waals surface area contributed by atoms with Crippen molar-refractivity contribution >= 4 is 21.4 Å². The number of amides is 1. The number of sulfone groups is 1. The van der Waals surface area contributed by atoms with E-state index in [0.717, 1.165) is 11.3 Å². The van der Waals surface area contributed by atoms with Crippen molar-refractivity contribution in [3.63, 3.8) is 0 Å². The lowest BCUT2D eigenvalue weighted by Crippen LogP contribution is -2.58. The average molecular weight is 296 g/mol. The number of carbonyl (C=O) groups excluding carboxylic acids is 1. The van der Waals surface area contributed by atoms with Crippen LogP contribution in [-0.4, -0.2) is 31.4 Å². The van der Waals surface area contributed by atoms with E-state index in [2.05, 4.69) is 5.32 Å². The number of rotatable bonds is 4. The van der Waals surface area contributed by atoms with E-state index in [4.69, 9.17) is 5.73 Å². The summed E-state index contributed by atoms with van der Waals surface area (Å²) in [5.74, 6) is -0.603. The molecule has 2 atom stereocenters. The molecule has 6 heteroatoms. The van der Waals surface area contributed by atoms with Crippen LogP contribution >= 0.6 is 0 Å². The van der Waals surface area contributed by atoms with Gasteiger partial charge in [-0.15, -0.1) is 0 Å². The summed E-state index contributed by atoms with van der Waals surface area (Å²) in [6.45, 7) is 1.90. The highest BCUT2D eigenvalue weighted by Crippen LogP contribution is 2.38. The first kappa shape index (κ1) is 14.8. The molecule has 1 amide bonds. The predicted molar refractivity (Wildman–Crippen MR) is 79.2 cm³/mol. The van der Waals surface area contributed by atoms with Crippen LogP contribution in [0.1, 0.15) is 24.8 Å². The second kappa shape index (κ2) is 5.09. The van der Waals surface area contributed by atoms with Gasteiger partial charge in [-0.2, -0.15) is 0 Å².